The summed E-state index contributed by atoms with van der Waals surface area (Å²) in [4.78, 5) is 4.32. The Kier molecular flexibility index (Phi) is 5.16. The van der Waals surface area contributed by atoms with Crippen molar-refractivity contribution in [3.05, 3.63) is 59.8 Å². The molecule has 2 aromatic rings. The van der Waals surface area contributed by atoms with E-state index in [4.69, 9.17) is 0 Å². The summed E-state index contributed by atoms with van der Waals surface area (Å²) in [6.45, 7) is 3.06. The summed E-state index contributed by atoms with van der Waals surface area (Å²) in [6.07, 6.45) is 2.46. The molecule has 0 spiro atoms. The molecule has 128 valence electrons. The lowest BCUT2D eigenvalue weighted by Gasteiger charge is -2.31. The van der Waals surface area contributed by atoms with E-state index in [9.17, 15) is 8.42 Å². The number of hydrogen-bond acceptors (Lipinski definition) is 3. The first-order chi connectivity index (χ1) is 11.6. The highest BCUT2D eigenvalue weighted by Crippen LogP contribution is 2.29. The molecule has 0 amide bonds. The topological polar surface area (TPSA) is 62.3 Å². The van der Waals surface area contributed by atoms with Crippen LogP contribution in [0.1, 0.15) is 36.9 Å². The van der Waals surface area contributed by atoms with E-state index in [1.54, 1.807) is 6.07 Å². The van der Waals surface area contributed by atoms with Gasteiger partial charge in [-0.15, -0.1) is 0 Å². The largest absolute Gasteiger partial charge is 0.302 e. The van der Waals surface area contributed by atoms with Crippen molar-refractivity contribution in [2.24, 2.45) is 0 Å². The van der Waals surface area contributed by atoms with Gasteiger partial charge in [-0.05, 0) is 42.9 Å². The van der Waals surface area contributed by atoms with Crippen molar-refractivity contribution < 1.29 is 8.42 Å². The van der Waals surface area contributed by atoms with Crippen molar-refractivity contribution >= 4 is 16.0 Å². The van der Waals surface area contributed by atoms with Crippen molar-refractivity contribution in [3.8, 4) is 0 Å². The minimum absolute atomic E-state index is 0.388. The molecule has 1 aromatic heterocycles. The van der Waals surface area contributed by atoms with E-state index in [0.717, 1.165) is 25.0 Å². The maximum atomic E-state index is 12.6. The lowest BCUT2D eigenvalue weighted by Crippen LogP contribution is -2.41. The first-order valence-electron chi connectivity index (χ1n) is 8.37. The normalized spacial score (nSPS) is 16.9. The molecular weight excluding hydrogens is 322 g/mol. The molecule has 0 unspecified atom stereocenters. The van der Waals surface area contributed by atoms with Gasteiger partial charge in [0.15, 0.2) is 0 Å². The number of rotatable bonds is 5. The van der Waals surface area contributed by atoms with Crippen LogP contribution >= 0.6 is 0 Å². The van der Waals surface area contributed by atoms with E-state index in [-0.39, 0.29) is 0 Å². The minimum atomic E-state index is -3.55. The molecule has 24 heavy (non-hydrogen) atoms. The molecule has 0 saturated carbocycles. The van der Waals surface area contributed by atoms with Crippen LogP contribution in [0, 0.1) is 0 Å². The second kappa shape index (κ2) is 7.32. The number of anilines is 1. The highest BCUT2D eigenvalue weighted by atomic mass is 32.2. The van der Waals surface area contributed by atoms with E-state index in [0.29, 0.717) is 24.8 Å². The molecule has 5 nitrogen and oxygen atoms in total. The molecule has 0 atom stereocenters. The summed E-state index contributed by atoms with van der Waals surface area (Å²) in [7, 11) is -3.55. The van der Waals surface area contributed by atoms with Crippen LogP contribution in [0.5, 0.6) is 0 Å². The molecule has 1 aromatic carbocycles. The Bertz CT molecular complexity index is 770. The highest BCUT2D eigenvalue weighted by Gasteiger charge is 2.28. The van der Waals surface area contributed by atoms with E-state index >= 15 is 0 Å². The molecule has 2 heterocycles. The average Bonchev–Trinajstić information content (AvgIpc) is 2.62. The van der Waals surface area contributed by atoms with Crippen LogP contribution in [0.4, 0.5) is 5.82 Å². The van der Waals surface area contributed by atoms with Crippen molar-refractivity contribution in [3.63, 3.8) is 0 Å². The van der Waals surface area contributed by atoms with Gasteiger partial charge in [-0.25, -0.2) is 4.98 Å². The summed E-state index contributed by atoms with van der Waals surface area (Å²) in [6, 6.07) is 15.7. The summed E-state index contributed by atoms with van der Waals surface area (Å²) in [5, 5.41) is 0. The van der Waals surface area contributed by atoms with Crippen molar-refractivity contribution in [2.45, 2.75) is 32.1 Å². The molecule has 1 fully saturated rings. The molecular formula is C18H23N3O2S. The standard InChI is InChI=1S/C18H23N3O2S/c1-2-17-9-6-10-18(19-17)20-24(22,23)21-13-11-16(12-14-21)15-7-4-3-5-8-15/h3-10,16H,2,11-14H2,1H3,(H,19,20). The zero-order chi connectivity index (χ0) is 17.0. The Morgan fingerprint density at radius 1 is 1.08 bits per heavy atom. The third kappa shape index (κ3) is 3.94. The van der Waals surface area contributed by atoms with Crippen LogP contribution in [0.25, 0.3) is 0 Å². The fourth-order valence-electron chi connectivity index (χ4n) is 3.08. The molecule has 6 heteroatoms. The van der Waals surface area contributed by atoms with Crippen molar-refractivity contribution in [1.82, 2.24) is 9.29 Å². The monoisotopic (exact) mass is 345 g/mol. The lowest BCUT2D eigenvalue weighted by molar-refractivity contribution is 0.321. The Morgan fingerprint density at radius 3 is 2.46 bits per heavy atom. The third-order valence-corrected chi connectivity index (χ3v) is 5.98. The Morgan fingerprint density at radius 2 is 1.79 bits per heavy atom. The number of nitrogens with zero attached hydrogens (tertiary/aromatic N) is 2. The highest BCUT2D eigenvalue weighted by molar-refractivity contribution is 7.90. The summed E-state index contributed by atoms with van der Waals surface area (Å²) < 4.78 is 29.3. The molecule has 1 N–H and O–H groups in total. The van der Waals surface area contributed by atoms with Crippen LogP contribution in [0.2, 0.25) is 0 Å². The number of nitrogens with one attached hydrogen (secondary N) is 1. The second-order valence-corrected chi connectivity index (χ2v) is 7.73. The molecule has 1 saturated heterocycles. The first-order valence-corrected chi connectivity index (χ1v) is 9.81. The maximum Gasteiger partial charge on any atom is 0.302 e. The van der Waals surface area contributed by atoms with Crippen LogP contribution in [0.15, 0.2) is 48.5 Å². The number of pyridine rings is 1. The average molecular weight is 345 g/mol. The fraction of sp³-hybridized carbons (Fsp3) is 0.389. The summed E-state index contributed by atoms with van der Waals surface area (Å²) >= 11 is 0. The quantitative estimate of drug-likeness (QED) is 0.905. The van der Waals surface area contributed by atoms with Crippen LogP contribution in [-0.4, -0.2) is 30.8 Å². The van der Waals surface area contributed by atoms with Crippen molar-refractivity contribution in [2.75, 3.05) is 17.8 Å². The van der Waals surface area contributed by atoms with Gasteiger partial charge < -0.3 is 0 Å². The SMILES string of the molecule is CCc1cccc(NS(=O)(=O)N2CCC(c3ccccc3)CC2)n1. The van der Waals surface area contributed by atoms with E-state index in [1.165, 1.54) is 9.87 Å². The fourth-order valence-corrected chi connectivity index (χ4v) is 4.28. The van der Waals surface area contributed by atoms with E-state index in [1.807, 2.05) is 37.3 Å². The summed E-state index contributed by atoms with van der Waals surface area (Å²) in [5.41, 5.74) is 2.16. The number of benzene rings is 1. The zero-order valence-electron chi connectivity index (χ0n) is 13.9. The van der Waals surface area contributed by atoms with Gasteiger partial charge in [0.1, 0.15) is 5.82 Å². The molecule has 0 radical (unpaired) electrons. The number of piperidine rings is 1. The van der Waals surface area contributed by atoms with Gasteiger partial charge in [0, 0.05) is 18.8 Å². The lowest BCUT2D eigenvalue weighted by atomic mass is 9.90. The molecule has 1 aliphatic rings. The van der Waals surface area contributed by atoms with E-state index in [2.05, 4.69) is 21.8 Å². The van der Waals surface area contributed by atoms with Crippen LogP contribution < -0.4 is 4.72 Å². The van der Waals surface area contributed by atoms with Gasteiger partial charge in [0.2, 0.25) is 0 Å². The smallest absolute Gasteiger partial charge is 0.254 e. The number of aromatic nitrogens is 1. The van der Waals surface area contributed by atoms with E-state index < -0.39 is 10.2 Å². The molecule has 0 bridgehead atoms. The first kappa shape index (κ1) is 16.9. The predicted octanol–water partition coefficient (Wildman–Crippen LogP) is 3.18. The van der Waals surface area contributed by atoms with Gasteiger partial charge in [-0.2, -0.15) is 12.7 Å². The van der Waals surface area contributed by atoms with Crippen molar-refractivity contribution in [1.29, 1.82) is 0 Å². The Balaban J connectivity index is 1.64. The van der Waals surface area contributed by atoms with Gasteiger partial charge in [0.05, 0.1) is 0 Å². The second-order valence-electron chi connectivity index (χ2n) is 6.06. The molecule has 1 aliphatic heterocycles. The predicted molar refractivity (Wildman–Crippen MR) is 96.1 cm³/mol. The third-order valence-electron chi connectivity index (χ3n) is 4.47. The zero-order valence-corrected chi connectivity index (χ0v) is 14.7. The summed E-state index contributed by atoms with van der Waals surface area (Å²) in [5.74, 6) is 0.818. The van der Waals surface area contributed by atoms with Gasteiger partial charge >= 0.3 is 10.2 Å². The van der Waals surface area contributed by atoms with Gasteiger partial charge in [0.25, 0.3) is 0 Å². The number of aryl methyl sites for hydroxylation is 1. The minimum Gasteiger partial charge on any atom is -0.254 e. The Hall–Kier alpha value is -1.92. The Labute approximate surface area is 143 Å². The number of hydrogen-bond donors (Lipinski definition) is 1. The molecule has 0 aliphatic carbocycles. The van der Waals surface area contributed by atoms with Crippen LogP contribution in [-0.2, 0) is 16.6 Å². The van der Waals surface area contributed by atoms with Crippen LogP contribution in [0.3, 0.4) is 0 Å². The maximum absolute atomic E-state index is 12.6. The van der Waals surface area contributed by atoms with Gasteiger partial charge in [-0.1, -0.05) is 43.3 Å². The molecule has 3 rings (SSSR count). The van der Waals surface area contributed by atoms with Gasteiger partial charge in [-0.3, -0.25) is 4.72 Å².